The van der Waals surface area contributed by atoms with Crippen molar-refractivity contribution in [2.75, 3.05) is 0 Å². The molecule has 1 saturated carbocycles. The third-order valence-corrected chi connectivity index (χ3v) is 3.33. The Morgan fingerprint density at radius 1 is 1.50 bits per heavy atom. The van der Waals surface area contributed by atoms with Gasteiger partial charge in [-0.3, -0.25) is 0 Å². The van der Waals surface area contributed by atoms with Gasteiger partial charge in [-0.25, -0.2) is 4.98 Å². The molecule has 0 aliphatic heterocycles. The van der Waals surface area contributed by atoms with E-state index in [1.54, 1.807) is 11.3 Å². The van der Waals surface area contributed by atoms with Crippen molar-refractivity contribution in [1.82, 2.24) is 4.98 Å². The molecule has 2 nitrogen and oxygen atoms in total. The smallest absolute Gasteiger partial charge is 0.118 e. The van der Waals surface area contributed by atoms with Gasteiger partial charge in [0, 0.05) is 11.3 Å². The fourth-order valence-electron chi connectivity index (χ4n) is 1.81. The number of aliphatic hydroxyl groups is 1. The quantitative estimate of drug-likeness (QED) is 0.763. The predicted octanol–water partition coefficient (Wildman–Crippen LogP) is 2.29. The predicted molar refractivity (Wildman–Crippen MR) is 49.2 cm³/mol. The maximum Gasteiger partial charge on any atom is 0.118 e. The number of rotatable bonds is 2. The summed E-state index contributed by atoms with van der Waals surface area (Å²) in [6, 6.07) is 0. The van der Waals surface area contributed by atoms with Gasteiger partial charge in [-0.1, -0.05) is 12.8 Å². The van der Waals surface area contributed by atoms with E-state index in [2.05, 4.69) is 10.4 Å². The maximum atomic E-state index is 8.84. The van der Waals surface area contributed by atoms with Gasteiger partial charge in [0.2, 0.25) is 0 Å². The van der Waals surface area contributed by atoms with E-state index in [4.69, 9.17) is 5.11 Å². The molecule has 66 valence electrons. The number of hydrogen-bond donors (Lipinski definition) is 1. The average Bonchev–Trinajstić information content (AvgIpc) is 2.75. The van der Waals surface area contributed by atoms with Crippen LogP contribution in [0, 0.1) is 0 Å². The van der Waals surface area contributed by atoms with Gasteiger partial charge in [0.05, 0.1) is 12.3 Å². The lowest BCUT2D eigenvalue weighted by Crippen LogP contribution is -1.92. The van der Waals surface area contributed by atoms with Crippen LogP contribution >= 0.6 is 11.3 Å². The number of thiazole rings is 1. The molecule has 1 heterocycles. The van der Waals surface area contributed by atoms with E-state index in [-0.39, 0.29) is 6.61 Å². The minimum Gasteiger partial charge on any atom is -0.389 e. The normalized spacial score (nSPS) is 18.8. The van der Waals surface area contributed by atoms with Gasteiger partial charge in [0.15, 0.2) is 0 Å². The summed E-state index contributed by atoms with van der Waals surface area (Å²) in [4.78, 5) is 4.38. The molecule has 2 rings (SSSR count). The Labute approximate surface area is 76.3 Å². The van der Waals surface area contributed by atoms with Crippen molar-refractivity contribution < 1.29 is 5.11 Å². The van der Waals surface area contributed by atoms with E-state index in [9.17, 15) is 0 Å². The highest BCUT2D eigenvalue weighted by molar-refractivity contribution is 7.09. The van der Waals surface area contributed by atoms with Crippen LogP contribution in [0.4, 0.5) is 0 Å². The van der Waals surface area contributed by atoms with Crippen molar-refractivity contribution in [2.24, 2.45) is 0 Å². The Morgan fingerprint density at radius 3 is 2.83 bits per heavy atom. The molecule has 0 radical (unpaired) electrons. The van der Waals surface area contributed by atoms with Gasteiger partial charge in [0.25, 0.3) is 0 Å². The molecule has 0 bridgehead atoms. The molecule has 1 N–H and O–H groups in total. The van der Waals surface area contributed by atoms with Gasteiger partial charge in [0.1, 0.15) is 5.01 Å². The van der Waals surface area contributed by atoms with Crippen LogP contribution in [0.2, 0.25) is 0 Å². The van der Waals surface area contributed by atoms with Crippen LogP contribution in [-0.4, -0.2) is 10.1 Å². The Bertz CT molecular complexity index is 253. The summed E-state index contributed by atoms with van der Waals surface area (Å²) in [6.07, 6.45) is 5.26. The van der Waals surface area contributed by atoms with Crippen LogP contribution in [0.25, 0.3) is 0 Å². The second kappa shape index (κ2) is 3.54. The van der Waals surface area contributed by atoms with Crippen LogP contribution in [-0.2, 0) is 6.61 Å². The first-order chi connectivity index (χ1) is 5.90. The van der Waals surface area contributed by atoms with E-state index < -0.39 is 0 Å². The number of aromatic nitrogens is 1. The Hall–Kier alpha value is -0.410. The zero-order chi connectivity index (χ0) is 8.39. The third kappa shape index (κ3) is 1.52. The summed E-state index contributed by atoms with van der Waals surface area (Å²) in [5.41, 5.74) is 1.21. The van der Waals surface area contributed by atoms with Gasteiger partial charge in [-0.2, -0.15) is 0 Å². The molecule has 1 fully saturated rings. The highest BCUT2D eigenvalue weighted by atomic mass is 32.1. The van der Waals surface area contributed by atoms with E-state index in [1.165, 1.54) is 31.4 Å². The van der Waals surface area contributed by atoms with Crippen molar-refractivity contribution in [3.8, 4) is 0 Å². The molecule has 1 aromatic heterocycles. The van der Waals surface area contributed by atoms with Gasteiger partial charge in [-0.15, -0.1) is 11.3 Å². The first kappa shape index (κ1) is 8.20. The van der Waals surface area contributed by atoms with E-state index >= 15 is 0 Å². The SMILES string of the molecule is OCc1nc(C2CCCC2)cs1. The summed E-state index contributed by atoms with van der Waals surface area (Å²) in [5.74, 6) is 0.682. The van der Waals surface area contributed by atoms with E-state index in [0.717, 1.165) is 5.01 Å². The monoisotopic (exact) mass is 183 g/mol. The maximum absolute atomic E-state index is 8.84. The summed E-state index contributed by atoms with van der Waals surface area (Å²) < 4.78 is 0. The molecule has 0 unspecified atom stereocenters. The summed E-state index contributed by atoms with van der Waals surface area (Å²) in [5, 5.41) is 11.8. The van der Waals surface area contributed by atoms with Crippen molar-refractivity contribution in [1.29, 1.82) is 0 Å². The van der Waals surface area contributed by atoms with Gasteiger partial charge in [-0.05, 0) is 12.8 Å². The van der Waals surface area contributed by atoms with Crippen LogP contribution in [0.1, 0.15) is 42.3 Å². The van der Waals surface area contributed by atoms with E-state index in [1.807, 2.05) is 0 Å². The van der Waals surface area contributed by atoms with Crippen LogP contribution in [0.5, 0.6) is 0 Å². The average molecular weight is 183 g/mol. The molecular formula is C9H13NOS. The molecule has 0 spiro atoms. The lowest BCUT2D eigenvalue weighted by Gasteiger charge is -2.02. The summed E-state index contributed by atoms with van der Waals surface area (Å²) >= 11 is 1.58. The Morgan fingerprint density at radius 2 is 2.25 bits per heavy atom. The van der Waals surface area contributed by atoms with Crippen molar-refractivity contribution >= 4 is 11.3 Å². The molecule has 0 amide bonds. The first-order valence-electron chi connectivity index (χ1n) is 4.45. The fourth-order valence-corrected chi connectivity index (χ4v) is 2.54. The van der Waals surface area contributed by atoms with Crippen molar-refractivity contribution in [3.63, 3.8) is 0 Å². The highest BCUT2D eigenvalue weighted by Crippen LogP contribution is 2.34. The number of aliphatic hydroxyl groups excluding tert-OH is 1. The van der Waals surface area contributed by atoms with Crippen LogP contribution < -0.4 is 0 Å². The van der Waals surface area contributed by atoms with Gasteiger partial charge >= 0.3 is 0 Å². The molecule has 1 aliphatic rings. The minimum absolute atomic E-state index is 0.0946. The van der Waals surface area contributed by atoms with Gasteiger partial charge < -0.3 is 5.11 Å². The zero-order valence-electron chi connectivity index (χ0n) is 6.99. The summed E-state index contributed by atoms with van der Waals surface area (Å²) in [6.45, 7) is 0.0946. The lowest BCUT2D eigenvalue weighted by molar-refractivity contribution is 0.281. The molecule has 1 aromatic rings. The summed E-state index contributed by atoms with van der Waals surface area (Å²) in [7, 11) is 0. The van der Waals surface area contributed by atoms with Crippen molar-refractivity contribution in [2.45, 2.75) is 38.2 Å². The largest absolute Gasteiger partial charge is 0.389 e. The highest BCUT2D eigenvalue weighted by Gasteiger charge is 2.19. The fraction of sp³-hybridized carbons (Fsp3) is 0.667. The van der Waals surface area contributed by atoms with Crippen LogP contribution in [0.15, 0.2) is 5.38 Å². The lowest BCUT2D eigenvalue weighted by atomic mass is 10.1. The molecule has 12 heavy (non-hydrogen) atoms. The molecule has 1 aliphatic carbocycles. The molecular weight excluding hydrogens is 170 g/mol. The molecule has 0 saturated heterocycles. The molecule has 0 aromatic carbocycles. The minimum atomic E-state index is 0.0946. The Kier molecular flexibility index (Phi) is 2.42. The second-order valence-corrected chi connectivity index (χ2v) is 4.25. The number of nitrogens with zero attached hydrogens (tertiary/aromatic N) is 1. The third-order valence-electron chi connectivity index (χ3n) is 2.48. The molecule has 0 atom stereocenters. The standard InChI is InChI=1S/C9H13NOS/c11-5-9-10-8(6-12-9)7-3-1-2-4-7/h6-7,11H,1-5H2. The number of hydrogen-bond acceptors (Lipinski definition) is 3. The van der Waals surface area contributed by atoms with Crippen molar-refractivity contribution in [3.05, 3.63) is 16.1 Å². The molecule has 3 heteroatoms. The zero-order valence-corrected chi connectivity index (χ0v) is 7.81. The first-order valence-corrected chi connectivity index (χ1v) is 5.33. The second-order valence-electron chi connectivity index (χ2n) is 3.31. The Balaban J connectivity index is 2.11. The topological polar surface area (TPSA) is 33.1 Å². The van der Waals surface area contributed by atoms with E-state index in [0.29, 0.717) is 5.92 Å². The van der Waals surface area contributed by atoms with Crippen LogP contribution in [0.3, 0.4) is 0 Å².